The predicted molar refractivity (Wildman–Crippen MR) is 88.7 cm³/mol. The second-order valence-corrected chi connectivity index (χ2v) is 5.35. The topological polar surface area (TPSA) is 117 Å². The van der Waals surface area contributed by atoms with Crippen LogP contribution in [0.4, 0.5) is 15.3 Å². The average molecular weight is 348 g/mol. The summed E-state index contributed by atoms with van der Waals surface area (Å²) in [6.07, 6.45) is -1.15. The maximum absolute atomic E-state index is 12.0. The SMILES string of the molecule is C[C@@H](OC(=O)CCNC(=O)Nc1ccccc1)C(=O)N1CCNC1=O. The van der Waals surface area contributed by atoms with Crippen LogP contribution in [-0.2, 0) is 14.3 Å². The molecule has 5 amide bonds. The molecule has 1 atom stereocenters. The van der Waals surface area contributed by atoms with Gasteiger partial charge in [0, 0.05) is 25.3 Å². The molecule has 1 fully saturated rings. The largest absolute Gasteiger partial charge is 0.452 e. The highest BCUT2D eigenvalue weighted by molar-refractivity contribution is 5.98. The van der Waals surface area contributed by atoms with Crippen molar-refractivity contribution < 1.29 is 23.9 Å². The van der Waals surface area contributed by atoms with E-state index in [4.69, 9.17) is 4.74 Å². The van der Waals surface area contributed by atoms with E-state index in [0.29, 0.717) is 12.2 Å². The first-order valence-corrected chi connectivity index (χ1v) is 7.86. The van der Waals surface area contributed by atoms with Crippen LogP contribution in [0.25, 0.3) is 0 Å². The number of hydrogen-bond acceptors (Lipinski definition) is 5. The molecular formula is C16H20N4O5. The van der Waals surface area contributed by atoms with Gasteiger partial charge >= 0.3 is 18.0 Å². The summed E-state index contributed by atoms with van der Waals surface area (Å²) in [4.78, 5) is 47.8. The number of para-hydroxylation sites is 1. The van der Waals surface area contributed by atoms with Gasteiger partial charge in [0.15, 0.2) is 6.10 Å². The number of nitrogens with one attached hydrogen (secondary N) is 3. The van der Waals surface area contributed by atoms with Crippen LogP contribution in [0.5, 0.6) is 0 Å². The minimum Gasteiger partial charge on any atom is -0.452 e. The lowest BCUT2D eigenvalue weighted by Crippen LogP contribution is -2.42. The summed E-state index contributed by atoms with van der Waals surface area (Å²) >= 11 is 0. The van der Waals surface area contributed by atoms with Crippen molar-refractivity contribution in [3.05, 3.63) is 30.3 Å². The van der Waals surface area contributed by atoms with Crippen LogP contribution in [0.2, 0.25) is 0 Å². The van der Waals surface area contributed by atoms with Gasteiger partial charge in [0.1, 0.15) is 0 Å². The van der Waals surface area contributed by atoms with Crippen molar-refractivity contribution in [2.24, 2.45) is 0 Å². The standard InChI is InChI=1S/C16H20N4O5/c1-11(14(22)20-10-9-18-16(20)24)25-13(21)7-8-17-15(23)19-12-5-3-2-4-6-12/h2-6,11H,7-10H2,1H3,(H,18,24)(H2,17,19,23)/t11-/m1/s1. The Labute approximate surface area is 144 Å². The van der Waals surface area contributed by atoms with Crippen molar-refractivity contribution in [3.8, 4) is 0 Å². The van der Waals surface area contributed by atoms with Gasteiger partial charge in [-0.3, -0.25) is 14.5 Å². The third kappa shape index (κ3) is 5.48. The summed E-state index contributed by atoms with van der Waals surface area (Å²) in [6, 6.07) is 7.92. The summed E-state index contributed by atoms with van der Waals surface area (Å²) in [5.41, 5.74) is 0.630. The Balaban J connectivity index is 1.67. The fourth-order valence-corrected chi connectivity index (χ4v) is 2.18. The third-order valence-electron chi connectivity index (χ3n) is 3.43. The summed E-state index contributed by atoms with van der Waals surface area (Å²) in [6.45, 7) is 2.09. The maximum atomic E-state index is 12.0. The highest BCUT2D eigenvalue weighted by atomic mass is 16.5. The molecule has 0 aliphatic carbocycles. The Morgan fingerprint density at radius 3 is 2.64 bits per heavy atom. The molecule has 1 aromatic rings. The van der Waals surface area contributed by atoms with E-state index >= 15 is 0 Å². The first-order valence-electron chi connectivity index (χ1n) is 7.86. The molecule has 0 radical (unpaired) electrons. The van der Waals surface area contributed by atoms with Crippen LogP contribution in [0.3, 0.4) is 0 Å². The number of anilines is 1. The third-order valence-corrected chi connectivity index (χ3v) is 3.43. The Bertz CT molecular complexity index is 649. The fourth-order valence-electron chi connectivity index (χ4n) is 2.18. The monoisotopic (exact) mass is 348 g/mol. The van der Waals surface area contributed by atoms with Crippen LogP contribution in [0.1, 0.15) is 13.3 Å². The number of amides is 5. The molecule has 0 unspecified atom stereocenters. The van der Waals surface area contributed by atoms with Gasteiger partial charge in [-0.2, -0.15) is 0 Å². The summed E-state index contributed by atoms with van der Waals surface area (Å²) < 4.78 is 4.99. The van der Waals surface area contributed by atoms with E-state index in [2.05, 4.69) is 16.0 Å². The quantitative estimate of drug-likeness (QED) is 0.654. The number of carbonyl (C=O) groups is 4. The van der Waals surface area contributed by atoms with Gasteiger partial charge in [-0.05, 0) is 19.1 Å². The second-order valence-electron chi connectivity index (χ2n) is 5.35. The molecule has 3 N–H and O–H groups in total. The molecule has 0 saturated carbocycles. The lowest BCUT2D eigenvalue weighted by Gasteiger charge is -2.18. The summed E-state index contributed by atoms with van der Waals surface area (Å²) in [7, 11) is 0. The van der Waals surface area contributed by atoms with Crippen molar-refractivity contribution in [1.82, 2.24) is 15.5 Å². The molecule has 9 heteroatoms. The van der Waals surface area contributed by atoms with Gasteiger partial charge in [0.25, 0.3) is 5.91 Å². The zero-order valence-corrected chi connectivity index (χ0v) is 13.8. The number of benzene rings is 1. The van der Waals surface area contributed by atoms with E-state index in [9.17, 15) is 19.2 Å². The second kappa shape index (κ2) is 8.67. The minimum absolute atomic E-state index is 0.0581. The summed E-state index contributed by atoms with van der Waals surface area (Å²) in [5.74, 6) is -1.21. The number of urea groups is 2. The Kier molecular flexibility index (Phi) is 6.33. The van der Waals surface area contributed by atoms with E-state index in [1.807, 2.05) is 6.07 Å². The van der Waals surface area contributed by atoms with E-state index in [-0.39, 0.29) is 19.5 Å². The predicted octanol–water partition coefficient (Wildman–Crippen LogP) is 0.682. The molecule has 9 nitrogen and oxygen atoms in total. The number of hydrogen-bond donors (Lipinski definition) is 3. The van der Waals surface area contributed by atoms with Crippen LogP contribution >= 0.6 is 0 Å². The van der Waals surface area contributed by atoms with E-state index in [1.165, 1.54) is 6.92 Å². The van der Waals surface area contributed by atoms with Gasteiger partial charge < -0.3 is 20.7 Å². The van der Waals surface area contributed by atoms with Crippen molar-refractivity contribution in [1.29, 1.82) is 0 Å². The Hall–Kier alpha value is -3.10. The van der Waals surface area contributed by atoms with E-state index < -0.39 is 30.0 Å². The number of ether oxygens (including phenoxy) is 1. The number of imide groups is 1. The Morgan fingerprint density at radius 2 is 2.00 bits per heavy atom. The van der Waals surface area contributed by atoms with Crippen molar-refractivity contribution in [2.75, 3.05) is 25.0 Å². The molecule has 134 valence electrons. The number of rotatable bonds is 6. The van der Waals surface area contributed by atoms with Gasteiger partial charge in [0.05, 0.1) is 6.42 Å². The van der Waals surface area contributed by atoms with Crippen LogP contribution in [-0.4, -0.2) is 54.6 Å². The highest BCUT2D eigenvalue weighted by Gasteiger charge is 2.31. The average Bonchev–Trinajstić information content (AvgIpc) is 3.01. The number of nitrogens with zero attached hydrogens (tertiary/aromatic N) is 1. The molecule has 0 spiro atoms. The van der Waals surface area contributed by atoms with Crippen LogP contribution < -0.4 is 16.0 Å². The molecule has 2 rings (SSSR count). The molecule has 1 aromatic carbocycles. The molecule has 25 heavy (non-hydrogen) atoms. The zero-order chi connectivity index (χ0) is 18.2. The Morgan fingerprint density at radius 1 is 1.28 bits per heavy atom. The normalized spacial score (nSPS) is 14.4. The molecule has 1 heterocycles. The van der Waals surface area contributed by atoms with Crippen LogP contribution in [0.15, 0.2) is 30.3 Å². The maximum Gasteiger partial charge on any atom is 0.324 e. The van der Waals surface area contributed by atoms with Crippen molar-refractivity contribution >= 4 is 29.6 Å². The molecular weight excluding hydrogens is 328 g/mol. The van der Waals surface area contributed by atoms with Gasteiger partial charge in [-0.15, -0.1) is 0 Å². The van der Waals surface area contributed by atoms with Gasteiger partial charge in [-0.1, -0.05) is 18.2 Å². The smallest absolute Gasteiger partial charge is 0.324 e. The molecule has 1 aliphatic heterocycles. The molecule has 0 aromatic heterocycles. The van der Waals surface area contributed by atoms with Crippen molar-refractivity contribution in [3.63, 3.8) is 0 Å². The molecule has 1 saturated heterocycles. The lowest BCUT2D eigenvalue weighted by molar-refractivity contribution is -0.157. The fraction of sp³-hybridized carbons (Fsp3) is 0.375. The number of esters is 1. The summed E-state index contributed by atoms with van der Waals surface area (Å²) in [5, 5.41) is 7.62. The van der Waals surface area contributed by atoms with Crippen molar-refractivity contribution in [2.45, 2.75) is 19.4 Å². The van der Waals surface area contributed by atoms with Gasteiger partial charge in [-0.25, -0.2) is 9.59 Å². The highest BCUT2D eigenvalue weighted by Crippen LogP contribution is 2.06. The minimum atomic E-state index is -1.06. The first-order chi connectivity index (χ1) is 12.0. The van der Waals surface area contributed by atoms with Crippen LogP contribution in [0, 0.1) is 0 Å². The molecule has 0 bridgehead atoms. The number of carbonyl (C=O) groups excluding carboxylic acids is 4. The molecule has 1 aliphatic rings. The van der Waals surface area contributed by atoms with E-state index in [0.717, 1.165) is 4.90 Å². The lowest BCUT2D eigenvalue weighted by atomic mass is 10.3. The zero-order valence-electron chi connectivity index (χ0n) is 13.8. The van der Waals surface area contributed by atoms with E-state index in [1.54, 1.807) is 24.3 Å². The first kappa shape index (κ1) is 18.2. The van der Waals surface area contributed by atoms with Gasteiger partial charge in [0.2, 0.25) is 0 Å².